The van der Waals surface area contributed by atoms with Crippen molar-refractivity contribution in [2.24, 2.45) is 5.92 Å². The molecule has 1 amide bonds. The van der Waals surface area contributed by atoms with Crippen molar-refractivity contribution in [3.63, 3.8) is 0 Å². The normalized spacial score (nSPS) is 19.3. The molecule has 3 aromatic rings. The number of carbonyl (C=O) groups excluding carboxylic acids is 1. The molecule has 1 saturated carbocycles. The molecule has 2 aliphatic rings. The van der Waals surface area contributed by atoms with Crippen LogP contribution in [0.5, 0.6) is 0 Å². The van der Waals surface area contributed by atoms with Crippen LogP contribution in [0, 0.1) is 19.4 Å². The minimum Gasteiger partial charge on any atom is -0.358 e. The number of hydrogen-bond donors (Lipinski definition) is 3. The van der Waals surface area contributed by atoms with Crippen LogP contribution in [-0.2, 0) is 21.2 Å². The molecule has 216 valence electrons. The second kappa shape index (κ2) is 12.7. The van der Waals surface area contributed by atoms with Crippen molar-refractivity contribution >= 4 is 33.2 Å². The summed E-state index contributed by atoms with van der Waals surface area (Å²) in [5.74, 6) is 1.82. The van der Waals surface area contributed by atoms with Gasteiger partial charge in [0.25, 0.3) is 0 Å². The number of sulfone groups is 1. The first-order valence-electron chi connectivity index (χ1n) is 14.1. The van der Waals surface area contributed by atoms with Crippen LogP contribution in [-0.4, -0.2) is 57.4 Å². The molecule has 0 bridgehead atoms. The predicted molar refractivity (Wildman–Crippen MR) is 158 cm³/mol. The van der Waals surface area contributed by atoms with Gasteiger partial charge in [0.15, 0.2) is 15.5 Å². The third-order valence-corrected chi connectivity index (χ3v) is 9.49. The zero-order chi connectivity index (χ0) is 28.8. The van der Waals surface area contributed by atoms with Crippen molar-refractivity contribution in [3.8, 4) is 5.82 Å². The van der Waals surface area contributed by atoms with Gasteiger partial charge in [-0.15, -0.1) is 0 Å². The van der Waals surface area contributed by atoms with E-state index in [1.54, 1.807) is 29.1 Å². The molecule has 0 radical (unpaired) electrons. The maximum absolute atomic E-state index is 13.5. The topological polar surface area (TPSA) is 135 Å². The number of nitrogens with zero attached hydrogens (tertiary/aromatic N) is 5. The van der Waals surface area contributed by atoms with Crippen LogP contribution >= 0.6 is 0 Å². The summed E-state index contributed by atoms with van der Waals surface area (Å²) >= 11 is 0. The van der Waals surface area contributed by atoms with Crippen molar-refractivity contribution < 1.29 is 13.2 Å². The molecule has 12 heteroatoms. The van der Waals surface area contributed by atoms with Crippen LogP contribution in [0.2, 0.25) is 0 Å². The molecule has 2 unspecified atom stereocenters. The Labute approximate surface area is 240 Å². The van der Waals surface area contributed by atoms with Crippen molar-refractivity contribution in [3.05, 3.63) is 65.5 Å². The summed E-state index contributed by atoms with van der Waals surface area (Å²) < 4.78 is 25.8. The smallest absolute Gasteiger partial charge is 0.242 e. The number of carbonyl (C=O) groups is 1. The number of hydrogen-bond acceptors (Lipinski definition) is 8. The molecule has 3 N–H and O–H groups in total. The fourth-order valence-corrected chi connectivity index (χ4v) is 7.18. The summed E-state index contributed by atoms with van der Waals surface area (Å²) in [6.45, 7) is 9.38. The molecule has 2 fully saturated rings. The summed E-state index contributed by atoms with van der Waals surface area (Å²) in [5.41, 5.74) is 2.30. The fraction of sp³-hybridized carbons (Fsp3) is 0.483. The SMILES string of the molecule is [C-]#[N+]c1ccc(CNC(=O)C(CC2CCCCC2)Nc2cc(-n3cnc(C)c3)nc(NC3CCS(=O)(=O)C3)n2)cc1. The molecule has 11 nitrogen and oxygen atoms in total. The van der Waals surface area contributed by atoms with Gasteiger partial charge in [-0.05, 0) is 31.2 Å². The average Bonchev–Trinajstić information content (AvgIpc) is 3.56. The first kappa shape index (κ1) is 28.5. The van der Waals surface area contributed by atoms with Crippen molar-refractivity contribution in [2.75, 3.05) is 22.1 Å². The number of aromatic nitrogens is 4. The van der Waals surface area contributed by atoms with Gasteiger partial charge in [-0.3, -0.25) is 9.36 Å². The van der Waals surface area contributed by atoms with E-state index in [0.717, 1.165) is 24.1 Å². The molecule has 41 heavy (non-hydrogen) atoms. The number of nitrogens with one attached hydrogen (secondary N) is 3. The monoisotopic (exact) mass is 576 g/mol. The quantitative estimate of drug-likeness (QED) is 0.306. The Bertz CT molecular complexity index is 1510. The van der Waals surface area contributed by atoms with Gasteiger partial charge in [-0.2, -0.15) is 9.97 Å². The Morgan fingerprint density at radius 1 is 1.15 bits per heavy atom. The number of benzene rings is 1. The second-order valence-electron chi connectivity index (χ2n) is 11.0. The summed E-state index contributed by atoms with van der Waals surface area (Å²) in [7, 11) is -3.08. The molecule has 3 heterocycles. The molecule has 2 aromatic heterocycles. The number of imidazole rings is 1. The Kier molecular flexibility index (Phi) is 8.83. The van der Waals surface area contributed by atoms with Gasteiger partial charge < -0.3 is 16.0 Å². The Hall–Kier alpha value is -3.98. The van der Waals surface area contributed by atoms with Gasteiger partial charge in [-0.1, -0.05) is 56.4 Å². The zero-order valence-corrected chi connectivity index (χ0v) is 24.0. The Balaban J connectivity index is 1.38. The predicted octanol–water partition coefficient (Wildman–Crippen LogP) is 4.19. The number of aryl methyl sites for hydroxylation is 1. The molecule has 0 spiro atoms. The molecule has 2 atom stereocenters. The summed E-state index contributed by atoms with van der Waals surface area (Å²) in [6.07, 6.45) is 10.4. The second-order valence-corrected chi connectivity index (χ2v) is 13.3. The van der Waals surface area contributed by atoms with Crippen LogP contribution in [0.25, 0.3) is 10.7 Å². The highest BCUT2D eigenvalue weighted by Crippen LogP contribution is 2.29. The van der Waals surface area contributed by atoms with Crippen LogP contribution in [0.4, 0.5) is 17.5 Å². The lowest BCUT2D eigenvalue weighted by molar-refractivity contribution is -0.122. The summed E-state index contributed by atoms with van der Waals surface area (Å²) in [6, 6.07) is 8.18. The van der Waals surface area contributed by atoms with Crippen LogP contribution in [0.1, 0.15) is 56.2 Å². The molecule has 1 aliphatic heterocycles. The highest BCUT2D eigenvalue weighted by atomic mass is 32.2. The highest BCUT2D eigenvalue weighted by Gasteiger charge is 2.29. The number of anilines is 2. The molecule has 1 aromatic carbocycles. The average molecular weight is 577 g/mol. The van der Waals surface area contributed by atoms with Crippen LogP contribution < -0.4 is 16.0 Å². The molecular formula is C29H36N8O3S. The van der Waals surface area contributed by atoms with Gasteiger partial charge in [0.2, 0.25) is 11.9 Å². The standard InChI is InChI=1S/C29H36N8O3S/c1-20-17-37(19-32-20)27-15-26(35-29(36-27)33-24-12-13-41(39,40)18-24)34-25(14-21-6-4-3-5-7-21)28(38)31-16-22-8-10-23(30-2)11-9-22/h8-11,15,17,19,21,24-25H,3-7,12-14,16,18H2,1H3,(H,31,38)(H2,33,34,35,36). The van der Waals surface area contributed by atoms with E-state index < -0.39 is 15.9 Å². The van der Waals surface area contributed by atoms with E-state index in [1.165, 1.54) is 19.3 Å². The van der Waals surface area contributed by atoms with Crippen LogP contribution in [0.15, 0.2) is 42.9 Å². The van der Waals surface area contributed by atoms with E-state index in [4.69, 9.17) is 6.57 Å². The lowest BCUT2D eigenvalue weighted by Crippen LogP contribution is -2.41. The first-order chi connectivity index (χ1) is 19.8. The molecule has 1 aliphatic carbocycles. The van der Waals surface area contributed by atoms with Gasteiger partial charge >= 0.3 is 0 Å². The van der Waals surface area contributed by atoms with Gasteiger partial charge in [0.05, 0.1) is 23.8 Å². The Morgan fingerprint density at radius 3 is 2.59 bits per heavy atom. The van der Waals surface area contributed by atoms with E-state index in [1.807, 2.05) is 25.3 Å². The maximum atomic E-state index is 13.5. The van der Waals surface area contributed by atoms with E-state index in [2.05, 4.69) is 35.7 Å². The minimum absolute atomic E-state index is 0.0388. The fourth-order valence-electron chi connectivity index (χ4n) is 5.51. The van der Waals surface area contributed by atoms with Gasteiger partial charge in [0.1, 0.15) is 24.0 Å². The first-order valence-corrected chi connectivity index (χ1v) is 16.0. The largest absolute Gasteiger partial charge is 0.358 e. The number of rotatable bonds is 10. The van der Waals surface area contributed by atoms with Gasteiger partial charge in [-0.25, -0.2) is 18.2 Å². The number of amides is 1. The van der Waals surface area contributed by atoms with Crippen molar-refractivity contribution in [1.82, 2.24) is 24.8 Å². The Morgan fingerprint density at radius 2 is 1.93 bits per heavy atom. The molecular weight excluding hydrogens is 540 g/mol. The van der Waals surface area contributed by atoms with Gasteiger partial charge in [0, 0.05) is 24.8 Å². The highest BCUT2D eigenvalue weighted by molar-refractivity contribution is 7.91. The minimum atomic E-state index is -3.08. The summed E-state index contributed by atoms with van der Waals surface area (Å²) in [4.78, 5) is 30.6. The van der Waals surface area contributed by atoms with E-state index in [9.17, 15) is 13.2 Å². The van der Waals surface area contributed by atoms with E-state index >= 15 is 0 Å². The molecule has 5 rings (SSSR count). The summed E-state index contributed by atoms with van der Waals surface area (Å²) in [5, 5.41) is 9.64. The van der Waals surface area contributed by atoms with Crippen LogP contribution in [0.3, 0.4) is 0 Å². The lowest BCUT2D eigenvalue weighted by Gasteiger charge is -2.27. The third-order valence-electron chi connectivity index (χ3n) is 7.72. The third kappa shape index (κ3) is 7.82. The molecule has 1 saturated heterocycles. The van der Waals surface area contributed by atoms with E-state index in [0.29, 0.717) is 48.6 Å². The lowest BCUT2D eigenvalue weighted by atomic mass is 9.84. The van der Waals surface area contributed by atoms with E-state index in [-0.39, 0.29) is 23.5 Å². The maximum Gasteiger partial charge on any atom is 0.242 e. The zero-order valence-electron chi connectivity index (χ0n) is 23.2. The van der Waals surface area contributed by atoms with Crippen molar-refractivity contribution in [1.29, 1.82) is 0 Å². The van der Waals surface area contributed by atoms with Crippen molar-refractivity contribution in [2.45, 2.75) is 70.5 Å².